The molecule has 19 heavy (non-hydrogen) atoms. The van der Waals surface area contributed by atoms with Crippen LogP contribution in [0.2, 0.25) is 0 Å². The largest absolute Gasteiger partial charge is 0.464 e. The fraction of sp³-hybridized carbons (Fsp3) is 0.467. The molecule has 1 fully saturated rings. The summed E-state index contributed by atoms with van der Waals surface area (Å²) in [7, 11) is 2.18. The predicted octanol–water partition coefficient (Wildman–Crippen LogP) is 1.43. The van der Waals surface area contributed by atoms with Gasteiger partial charge >= 0.3 is 0 Å². The molecule has 1 aromatic heterocycles. The molecule has 1 aliphatic rings. The molecule has 102 valence electrons. The van der Waals surface area contributed by atoms with Crippen LogP contribution in [0.15, 0.2) is 34.9 Å². The molecule has 1 unspecified atom stereocenters. The van der Waals surface area contributed by atoms with E-state index in [1.807, 2.05) is 18.4 Å². The van der Waals surface area contributed by atoms with Crippen molar-refractivity contribution in [1.29, 1.82) is 0 Å². The van der Waals surface area contributed by atoms with Crippen LogP contribution in [0.25, 0.3) is 11.0 Å². The van der Waals surface area contributed by atoms with Crippen molar-refractivity contribution >= 4 is 11.0 Å². The van der Waals surface area contributed by atoms with E-state index in [0.29, 0.717) is 6.04 Å². The van der Waals surface area contributed by atoms with E-state index in [-0.39, 0.29) is 0 Å². The molecule has 2 N–H and O–H groups in total. The van der Waals surface area contributed by atoms with Gasteiger partial charge in [0.2, 0.25) is 0 Å². The third-order valence-electron chi connectivity index (χ3n) is 3.73. The van der Waals surface area contributed by atoms with E-state index in [9.17, 15) is 0 Å². The standard InChI is InChI=1S/C15H21N3O/c1-18-7-6-17-13(10-18)9-16-8-12-11-19-15-5-3-2-4-14(12)15/h2-5,11,13,16-17H,6-10H2,1H3. The Balaban J connectivity index is 1.55. The van der Waals surface area contributed by atoms with Crippen molar-refractivity contribution in [3.63, 3.8) is 0 Å². The van der Waals surface area contributed by atoms with Crippen LogP contribution in [0.4, 0.5) is 0 Å². The van der Waals surface area contributed by atoms with E-state index in [0.717, 1.165) is 38.3 Å². The van der Waals surface area contributed by atoms with Crippen LogP contribution >= 0.6 is 0 Å². The second-order valence-corrected chi connectivity index (χ2v) is 5.30. The van der Waals surface area contributed by atoms with Gasteiger partial charge in [-0.3, -0.25) is 0 Å². The van der Waals surface area contributed by atoms with Gasteiger partial charge in [-0.15, -0.1) is 0 Å². The Labute approximate surface area is 113 Å². The molecule has 2 heterocycles. The number of hydrogen-bond acceptors (Lipinski definition) is 4. The van der Waals surface area contributed by atoms with Crippen LogP contribution in [-0.2, 0) is 6.54 Å². The van der Waals surface area contributed by atoms with Crippen LogP contribution in [0.1, 0.15) is 5.56 Å². The minimum absolute atomic E-state index is 0.539. The van der Waals surface area contributed by atoms with Crippen molar-refractivity contribution in [3.05, 3.63) is 36.1 Å². The van der Waals surface area contributed by atoms with Gasteiger partial charge in [-0.25, -0.2) is 0 Å². The number of piperazine rings is 1. The molecular weight excluding hydrogens is 238 g/mol. The van der Waals surface area contributed by atoms with Crippen LogP contribution in [-0.4, -0.2) is 44.2 Å². The highest BCUT2D eigenvalue weighted by molar-refractivity contribution is 5.80. The van der Waals surface area contributed by atoms with Crippen molar-refractivity contribution in [2.24, 2.45) is 0 Å². The molecule has 4 heteroatoms. The molecule has 1 aliphatic heterocycles. The van der Waals surface area contributed by atoms with Crippen molar-refractivity contribution in [2.45, 2.75) is 12.6 Å². The highest BCUT2D eigenvalue weighted by Crippen LogP contribution is 2.20. The Morgan fingerprint density at radius 1 is 1.42 bits per heavy atom. The average Bonchev–Trinajstić information content (AvgIpc) is 2.83. The number of likely N-dealkylation sites (N-methyl/N-ethyl adjacent to an activating group) is 1. The van der Waals surface area contributed by atoms with E-state index < -0.39 is 0 Å². The van der Waals surface area contributed by atoms with Gasteiger partial charge in [0.25, 0.3) is 0 Å². The number of nitrogens with zero attached hydrogens (tertiary/aromatic N) is 1. The first-order valence-electron chi connectivity index (χ1n) is 6.90. The number of fused-ring (bicyclic) bond motifs is 1. The summed E-state index contributed by atoms with van der Waals surface area (Å²) in [5, 5.41) is 8.27. The van der Waals surface area contributed by atoms with E-state index in [1.54, 1.807) is 0 Å². The zero-order valence-corrected chi connectivity index (χ0v) is 11.4. The molecule has 0 bridgehead atoms. The fourth-order valence-electron chi connectivity index (χ4n) is 2.68. The zero-order valence-electron chi connectivity index (χ0n) is 11.4. The average molecular weight is 259 g/mol. The van der Waals surface area contributed by atoms with Gasteiger partial charge in [-0.05, 0) is 13.1 Å². The Morgan fingerprint density at radius 2 is 2.32 bits per heavy atom. The number of rotatable bonds is 4. The molecule has 1 atom stereocenters. The van der Waals surface area contributed by atoms with Gasteiger partial charge in [0.05, 0.1) is 6.26 Å². The van der Waals surface area contributed by atoms with E-state index in [4.69, 9.17) is 4.42 Å². The molecule has 0 saturated carbocycles. The minimum Gasteiger partial charge on any atom is -0.464 e. The number of para-hydroxylation sites is 1. The number of benzene rings is 1. The number of nitrogens with one attached hydrogen (secondary N) is 2. The predicted molar refractivity (Wildman–Crippen MR) is 77.2 cm³/mol. The third-order valence-corrected chi connectivity index (χ3v) is 3.73. The Kier molecular flexibility index (Phi) is 3.82. The lowest BCUT2D eigenvalue weighted by Gasteiger charge is -2.31. The molecule has 0 aliphatic carbocycles. The van der Waals surface area contributed by atoms with Gasteiger partial charge in [-0.2, -0.15) is 0 Å². The summed E-state index contributed by atoms with van der Waals surface area (Å²) in [5.74, 6) is 0. The van der Waals surface area contributed by atoms with Crippen LogP contribution in [0.3, 0.4) is 0 Å². The van der Waals surface area contributed by atoms with Crippen molar-refractivity contribution < 1.29 is 4.42 Å². The highest BCUT2D eigenvalue weighted by atomic mass is 16.3. The normalized spacial score (nSPS) is 21.0. The van der Waals surface area contributed by atoms with Crippen molar-refractivity contribution in [1.82, 2.24) is 15.5 Å². The summed E-state index contributed by atoms with van der Waals surface area (Å²) in [6.07, 6.45) is 1.86. The first-order valence-corrected chi connectivity index (χ1v) is 6.90. The van der Waals surface area contributed by atoms with Crippen molar-refractivity contribution in [2.75, 3.05) is 33.2 Å². The lowest BCUT2D eigenvalue weighted by atomic mass is 10.1. The molecule has 3 rings (SSSR count). The van der Waals surface area contributed by atoms with Crippen LogP contribution in [0.5, 0.6) is 0 Å². The Morgan fingerprint density at radius 3 is 3.21 bits per heavy atom. The number of hydrogen-bond donors (Lipinski definition) is 2. The summed E-state index contributed by atoms with van der Waals surface area (Å²) in [5.41, 5.74) is 2.20. The van der Waals surface area contributed by atoms with Crippen molar-refractivity contribution in [3.8, 4) is 0 Å². The monoisotopic (exact) mass is 259 g/mol. The van der Waals surface area contributed by atoms with Gasteiger partial charge in [0.1, 0.15) is 5.58 Å². The van der Waals surface area contributed by atoms with E-state index in [2.05, 4.69) is 34.7 Å². The lowest BCUT2D eigenvalue weighted by molar-refractivity contribution is 0.235. The Bertz CT molecular complexity index is 537. The third kappa shape index (κ3) is 2.97. The highest BCUT2D eigenvalue weighted by Gasteiger charge is 2.15. The SMILES string of the molecule is CN1CCNC(CNCc2coc3ccccc23)C1. The topological polar surface area (TPSA) is 40.4 Å². The maximum Gasteiger partial charge on any atom is 0.134 e. The maximum atomic E-state index is 5.54. The Hall–Kier alpha value is -1.36. The fourth-order valence-corrected chi connectivity index (χ4v) is 2.68. The number of furan rings is 1. The summed E-state index contributed by atoms with van der Waals surface area (Å²) in [6, 6.07) is 8.72. The second-order valence-electron chi connectivity index (χ2n) is 5.30. The summed E-state index contributed by atoms with van der Waals surface area (Å²) in [6.45, 7) is 5.18. The van der Waals surface area contributed by atoms with Gasteiger partial charge in [-0.1, -0.05) is 18.2 Å². The lowest BCUT2D eigenvalue weighted by Crippen LogP contribution is -2.52. The smallest absolute Gasteiger partial charge is 0.134 e. The molecule has 2 aromatic rings. The first kappa shape index (κ1) is 12.7. The molecule has 1 aromatic carbocycles. The van der Waals surface area contributed by atoms with Gasteiger partial charge in [0, 0.05) is 49.7 Å². The first-order chi connectivity index (χ1) is 9.33. The maximum absolute atomic E-state index is 5.54. The quantitative estimate of drug-likeness (QED) is 0.871. The van der Waals surface area contributed by atoms with E-state index in [1.165, 1.54) is 10.9 Å². The minimum atomic E-state index is 0.539. The van der Waals surface area contributed by atoms with Gasteiger partial charge in [0.15, 0.2) is 0 Å². The molecular formula is C15H21N3O. The molecule has 4 nitrogen and oxygen atoms in total. The van der Waals surface area contributed by atoms with Crippen LogP contribution in [0, 0.1) is 0 Å². The molecule has 0 spiro atoms. The van der Waals surface area contributed by atoms with Crippen LogP contribution < -0.4 is 10.6 Å². The summed E-state index contributed by atoms with van der Waals surface area (Å²) >= 11 is 0. The van der Waals surface area contributed by atoms with Gasteiger partial charge < -0.3 is 20.0 Å². The zero-order chi connectivity index (χ0) is 13.1. The summed E-state index contributed by atoms with van der Waals surface area (Å²) in [4.78, 5) is 2.37. The van der Waals surface area contributed by atoms with E-state index >= 15 is 0 Å². The molecule has 0 amide bonds. The molecule has 1 saturated heterocycles. The molecule has 0 radical (unpaired) electrons. The second kappa shape index (κ2) is 5.74. The summed E-state index contributed by atoms with van der Waals surface area (Å²) < 4.78 is 5.54.